The number of thiazole rings is 2. The van der Waals surface area contributed by atoms with Gasteiger partial charge < -0.3 is 10.6 Å². The van der Waals surface area contributed by atoms with E-state index in [9.17, 15) is 9.59 Å². The van der Waals surface area contributed by atoms with E-state index in [1.165, 1.54) is 11.3 Å². The summed E-state index contributed by atoms with van der Waals surface area (Å²) in [6.07, 6.45) is 5.88. The summed E-state index contributed by atoms with van der Waals surface area (Å²) in [5, 5.41) is 9.44. The zero-order chi connectivity index (χ0) is 19.6. The lowest BCUT2D eigenvalue weighted by Crippen LogP contribution is -2.26. The van der Waals surface area contributed by atoms with Crippen molar-refractivity contribution in [1.29, 1.82) is 0 Å². The van der Waals surface area contributed by atoms with Gasteiger partial charge in [0, 0.05) is 36.0 Å². The highest BCUT2D eigenvalue weighted by atomic mass is 32.1. The minimum absolute atomic E-state index is 0.0838. The van der Waals surface area contributed by atoms with Crippen LogP contribution in [-0.2, 0) is 11.2 Å². The van der Waals surface area contributed by atoms with Crippen molar-refractivity contribution in [3.05, 3.63) is 22.1 Å². The van der Waals surface area contributed by atoms with E-state index in [-0.39, 0.29) is 11.8 Å². The van der Waals surface area contributed by atoms with Crippen LogP contribution in [0.4, 0.5) is 0 Å². The average molecular weight is 409 g/mol. The van der Waals surface area contributed by atoms with Gasteiger partial charge in [0.1, 0.15) is 5.69 Å². The Kier molecular flexibility index (Phi) is 8.87. The van der Waals surface area contributed by atoms with Gasteiger partial charge in [-0.15, -0.1) is 22.7 Å². The van der Waals surface area contributed by atoms with Gasteiger partial charge >= 0.3 is 0 Å². The molecule has 0 aromatic carbocycles. The molecule has 0 bridgehead atoms. The Morgan fingerprint density at radius 1 is 1.11 bits per heavy atom. The zero-order valence-corrected chi connectivity index (χ0v) is 17.8. The van der Waals surface area contributed by atoms with Gasteiger partial charge in [0.2, 0.25) is 5.91 Å². The first-order valence-corrected chi connectivity index (χ1v) is 11.1. The molecule has 2 amide bonds. The fourth-order valence-electron chi connectivity index (χ4n) is 2.52. The number of unbranched alkanes of at least 4 members (excludes halogenated alkanes) is 2. The van der Waals surface area contributed by atoms with Gasteiger partial charge in [-0.3, -0.25) is 9.59 Å². The number of nitrogens with one attached hydrogen (secondary N) is 2. The molecule has 0 unspecified atom stereocenters. The van der Waals surface area contributed by atoms with Crippen LogP contribution in [0, 0.1) is 5.92 Å². The van der Waals surface area contributed by atoms with Crippen molar-refractivity contribution < 1.29 is 9.59 Å². The van der Waals surface area contributed by atoms with Crippen LogP contribution < -0.4 is 10.6 Å². The molecule has 0 aliphatic rings. The van der Waals surface area contributed by atoms with Crippen LogP contribution in [0.15, 0.2) is 11.6 Å². The van der Waals surface area contributed by atoms with Crippen LogP contribution in [0.25, 0.3) is 10.0 Å². The van der Waals surface area contributed by atoms with E-state index in [0.29, 0.717) is 31.1 Å². The highest BCUT2D eigenvalue weighted by molar-refractivity contribution is 7.20. The lowest BCUT2D eigenvalue weighted by Gasteiger charge is -2.07. The highest BCUT2D eigenvalue weighted by Crippen LogP contribution is 2.31. The van der Waals surface area contributed by atoms with Crippen LogP contribution in [0.1, 0.15) is 61.8 Å². The maximum Gasteiger partial charge on any atom is 0.271 e. The fourth-order valence-corrected chi connectivity index (χ4v) is 4.47. The maximum absolute atomic E-state index is 12.6. The lowest BCUT2D eigenvalue weighted by molar-refractivity contribution is -0.120. The van der Waals surface area contributed by atoms with Crippen LogP contribution in [0.3, 0.4) is 0 Å². The number of hydrogen-bond donors (Lipinski definition) is 2. The monoisotopic (exact) mass is 408 g/mol. The van der Waals surface area contributed by atoms with E-state index in [2.05, 4.69) is 34.4 Å². The third kappa shape index (κ3) is 7.03. The molecule has 2 heterocycles. The van der Waals surface area contributed by atoms with E-state index in [0.717, 1.165) is 40.6 Å². The van der Waals surface area contributed by atoms with Gasteiger partial charge in [0.15, 0.2) is 10.0 Å². The topological polar surface area (TPSA) is 84.0 Å². The molecule has 0 radical (unpaired) electrons. The first-order chi connectivity index (χ1) is 13.0. The second-order valence-corrected chi connectivity index (χ2v) is 8.72. The molecule has 0 saturated carbocycles. The number of rotatable bonds is 11. The first-order valence-electron chi connectivity index (χ1n) is 9.45. The smallest absolute Gasteiger partial charge is 0.271 e. The van der Waals surface area contributed by atoms with E-state index in [1.54, 1.807) is 17.5 Å². The lowest BCUT2D eigenvalue weighted by atomic mass is 10.1. The van der Waals surface area contributed by atoms with E-state index in [4.69, 9.17) is 0 Å². The summed E-state index contributed by atoms with van der Waals surface area (Å²) in [5.41, 5.74) is 0.536. The van der Waals surface area contributed by atoms with Crippen LogP contribution >= 0.6 is 22.7 Å². The molecule has 148 valence electrons. The van der Waals surface area contributed by atoms with Gasteiger partial charge in [0.05, 0.1) is 0 Å². The molecule has 6 nitrogen and oxygen atoms in total. The molecule has 8 heteroatoms. The third-order valence-electron chi connectivity index (χ3n) is 3.90. The van der Waals surface area contributed by atoms with Crippen molar-refractivity contribution in [3.63, 3.8) is 0 Å². The summed E-state index contributed by atoms with van der Waals surface area (Å²) in [4.78, 5) is 33.7. The molecule has 2 aromatic rings. The van der Waals surface area contributed by atoms with Crippen molar-refractivity contribution in [2.24, 2.45) is 5.92 Å². The van der Waals surface area contributed by atoms with Crippen molar-refractivity contribution in [3.8, 4) is 10.0 Å². The van der Waals surface area contributed by atoms with E-state index in [1.807, 2.05) is 12.3 Å². The Hall–Kier alpha value is -1.80. The first kappa shape index (κ1) is 21.5. The number of nitrogens with zero attached hydrogens (tertiary/aromatic N) is 2. The van der Waals surface area contributed by atoms with Crippen molar-refractivity contribution in [2.75, 3.05) is 13.1 Å². The summed E-state index contributed by atoms with van der Waals surface area (Å²) in [6.45, 7) is 7.44. The molecule has 2 rings (SSSR count). The molecular formula is C19H28N4O2S2. The molecule has 0 atom stereocenters. The standard InChI is InChI=1S/C19H28N4O2S2/c1-4-15(24)20-8-6-5-7-9-21-17(25)16-14(12-13(2)3)27-19(23-16)18-22-10-11-26-18/h10-11,13H,4-9,12H2,1-3H3,(H,20,24)(H,21,25). The number of carbonyl (C=O) groups excluding carboxylic acids is 2. The van der Waals surface area contributed by atoms with Gasteiger partial charge in [-0.1, -0.05) is 20.8 Å². The highest BCUT2D eigenvalue weighted by Gasteiger charge is 2.20. The Morgan fingerprint density at radius 3 is 2.48 bits per heavy atom. The van der Waals surface area contributed by atoms with Gasteiger partial charge in [-0.25, -0.2) is 9.97 Å². The molecule has 0 aliphatic heterocycles. The minimum Gasteiger partial charge on any atom is -0.356 e. The summed E-state index contributed by atoms with van der Waals surface area (Å²) >= 11 is 3.10. The molecule has 2 aromatic heterocycles. The molecule has 0 saturated heterocycles. The van der Waals surface area contributed by atoms with Gasteiger partial charge in [-0.05, 0) is 31.6 Å². The predicted molar refractivity (Wildman–Crippen MR) is 111 cm³/mol. The second-order valence-electron chi connectivity index (χ2n) is 6.75. The fraction of sp³-hybridized carbons (Fsp3) is 0.579. The summed E-state index contributed by atoms with van der Waals surface area (Å²) in [7, 11) is 0. The van der Waals surface area contributed by atoms with E-state index >= 15 is 0 Å². The normalized spacial score (nSPS) is 11.0. The molecule has 27 heavy (non-hydrogen) atoms. The molecular weight excluding hydrogens is 380 g/mol. The molecule has 0 aliphatic carbocycles. The number of hydrogen-bond acceptors (Lipinski definition) is 6. The Morgan fingerprint density at radius 2 is 1.85 bits per heavy atom. The summed E-state index contributed by atoms with van der Waals surface area (Å²) < 4.78 is 0. The third-order valence-corrected chi connectivity index (χ3v) is 5.90. The van der Waals surface area contributed by atoms with E-state index < -0.39 is 0 Å². The number of amides is 2. The van der Waals surface area contributed by atoms with Gasteiger partial charge in [0.25, 0.3) is 5.91 Å². The number of carbonyl (C=O) groups is 2. The largest absolute Gasteiger partial charge is 0.356 e. The SMILES string of the molecule is CCC(=O)NCCCCCNC(=O)c1nc(-c2nccs2)sc1CC(C)C. The Balaban J connectivity index is 1.85. The van der Waals surface area contributed by atoms with Crippen LogP contribution in [0.5, 0.6) is 0 Å². The number of aromatic nitrogens is 2. The summed E-state index contributed by atoms with van der Waals surface area (Å²) in [5.74, 6) is 0.434. The Labute approximate surface area is 168 Å². The molecule has 0 fully saturated rings. The van der Waals surface area contributed by atoms with Gasteiger partial charge in [-0.2, -0.15) is 0 Å². The average Bonchev–Trinajstić information content (AvgIpc) is 3.29. The molecule has 2 N–H and O–H groups in total. The molecule has 0 spiro atoms. The Bertz CT molecular complexity index is 726. The van der Waals surface area contributed by atoms with Crippen molar-refractivity contribution in [2.45, 2.75) is 52.9 Å². The summed E-state index contributed by atoms with van der Waals surface area (Å²) in [6, 6.07) is 0. The van der Waals surface area contributed by atoms with Crippen LogP contribution in [-0.4, -0.2) is 34.9 Å². The van der Waals surface area contributed by atoms with Crippen molar-refractivity contribution >= 4 is 34.5 Å². The quantitative estimate of drug-likeness (QED) is 0.553. The zero-order valence-electron chi connectivity index (χ0n) is 16.2. The minimum atomic E-state index is -0.107. The van der Waals surface area contributed by atoms with Crippen molar-refractivity contribution in [1.82, 2.24) is 20.6 Å². The maximum atomic E-state index is 12.6. The van der Waals surface area contributed by atoms with Crippen LogP contribution in [0.2, 0.25) is 0 Å². The second kappa shape index (κ2) is 11.1. The predicted octanol–water partition coefficient (Wildman–Crippen LogP) is 3.89.